The smallest absolute Gasteiger partial charge is 0.0572 e. The molecule has 2 nitrogen and oxygen atoms in total. The monoisotopic (exact) mass is 177 g/mol. The van der Waals surface area contributed by atoms with Crippen molar-refractivity contribution >= 4 is 0 Å². The summed E-state index contributed by atoms with van der Waals surface area (Å²) in [5, 5.41) is 0. The number of hydroxylamine groups is 1. The van der Waals surface area contributed by atoms with Gasteiger partial charge in [-0.1, -0.05) is 42.5 Å². The summed E-state index contributed by atoms with van der Waals surface area (Å²) in [5.41, 5.74) is 3.99. The van der Waals surface area contributed by atoms with E-state index in [0.29, 0.717) is 0 Å². The summed E-state index contributed by atoms with van der Waals surface area (Å²) in [6, 6.07) is 10.1. The molecular formula is C11H15NO. The van der Waals surface area contributed by atoms with Crippen LogP contribution in [0.3, 0.4) is 0 Å². The van der Waals surface area contributed by atoms with E-state index in [1.54, 1.807) is 7.11 Å². The van der Waals surface area contributed by atoms with Gasteiger partial charge in [-0.2, -0.15) is 5.48 Å². The molecule has 0 saturated heterocycles. The highest BCUT2D eigenvalue weighted by molar-refractivity contribution is 5.13. The summed E-state index contributed by atoms with van der Waals surface area (Å²) in [6.45, 7) is 0.761. The van der Waals surface area contributed by atoms with Crippen molar-refractivity contribution in [2.75, 3.05) is 7.11 Å². The van der Waals surface area contributed by atoms with E-state index >= 15 is 0 Å². The van der Waals surface area contributed by atoms with Crippen LogP contribution in [0.1, 0.15) is 12.0 Å². The Hall–Kier alpha value is -1.12. The van der Waals surface area contributed by atoms with Gasteiger partial charge in [-0.3, -0.25) is 0 Å². The second-order valence-corrected chi connectivity index (χ2v) is 2.72. The van der Waals surface area contributed by atoms with E-state index in [1.165, 1.54) is 12.0 Å². The van der Waals surface area contributed by atoms with Gasteiger partial charge >= 0.3 is 0 Å². The van der Waals surface area contributed by atoms with Crippen LogP contribution in [0, 0.1) is 0 Å². The van der Waals surface area contributed by atoms with Crippen LogP contribution in [-0.2, 0) is 11.4 Å². The predicted molar refractivity (Wildman–Crippen MR) is 54.0 cm³/mol. The van der Waals surface area contributed by atoms with Crippen LogP contribution < -0.4 is 5.48 Å². The predicted octanol–water partition coefficient (Wildman–Crippen LogP) is 2.28. The lowest BCUT2D eigenvalue weighted by Crippen LogP contribution is -2.10. The zero-order valence-corrected chi connectivity index (χ0v) is 7.86. The van der Waals surface area contributed by atoms with Crippen LogP contribution in [0.5, 0.6) is 0 Å². The molecule has 13 heavy (non-hydrogen) atoms. The summed E-state index contributed by atoms with van der Waals surface area (Å²) in [6.07, 6.45) is 5.50. The number of nitrogens with one attached hydrogen (secondary N) is 1. The van der Waals surface area contributed by atoms with Crippen molar-refractivity contribution in [2.45, 2.75) is 13.0 Å². The molecule has 0 aliphatic heterocycles. The van der Waals surface area contributed by atoms with Gasteiger partial charge in [0, 0.05) is 6.54 Å². The van der Waals surface area contributed by atoms with Gasteiger partial charge in [-0.05, 0) is 12.0 Å². The van der Waals surface area contributed by atoms with Crippen LogP contribution in [0.2, 0.25) is 0 Å². The van der Waals surface area contributed by atoms with Crippen LogP contribution in [0.25, 0.3) is 0 Å². The molecule has 0 spiro atoms. The Bertz CT molecular complexity index is 240. The van der Waals surface area contributed by atoms with Gasteiger partial charge in [0.05, 0.1) is 7.11 Å². The molecule has 0 radical (unpaired) electrons. The summed E-state index contributed by atoms with van der Waals surface area (Å²) >= 11 is 0. The molecule has 2 rings (SSSR count). The number of hydrogen-bond acceptors (Lipinski definition) is 2. The lowest BCUT2D eigenvalue weighted by molar-refractivity contribution is 0.0867. The highest BCUT2D eigenvalue weighted by atomic mass is 16.6. The van der Waals surface area contributed by atoms with Crippen LogP contribution in [-0.4, -0.2) is 7.11 Å². The van der Waals surface area contributed by atoms with E-state index in [0.717, 1.165) is 6.54 Å². The fourth-order valence-electron chi connectivity index (χ4n) is 0.751. The maximum atomic E-state index is 4.70. The van der Waals surface area contributed by atoms with E-state index in [9.17, 15) is 0 Å². The van der Waals surface area contributed by atoms with Crippen molar-refractivity contribution in [3.63, 3.8) is 0 Å². The maximum absolute atomic E-state index is 4.70. The van der Waals surface area contributed by atoms with Crippen molar-refractivity contribution in [3.8, 4) is 0 Å². The highest BCUT2D eigenvalue weighted by Crippen LogP contribution is 1.97. The van der Waals surface area contributed by atoms with Crippen molar-refractivity contribution in [1.29, 1.82) is 0 Å². The fraction of sp³-hybridized carbons (Fsp3) is 0.273. The molecule has 0 unspecified atom stereocenters. The van der Waals surface area contributed by atoms with Crippen LogP contribution in [0.15, 0.2) is 42.5 Å². The second-order valence-electron chi connectivity index (χ2n) is 2.72. The van der Waals surface area contributed by atoms with E-state index in [2.05, 4.69) is 17.6 Å². The normalized spacial score (nSPS) is 11.8. The maximum Gasteiger partial charge on any atom is 0.0572 e. The molecule has 1 aromatic rings. The third-order valence-electron chi connectivity index (χ3n) is 1.50. The molecule has 0 aromatic heterocycles. The third-order valence-corrected chi connectivity index (χ3v) is 1.50. The molecule has 0 saturated carbocycles. The molecule has 0 heterocycles. The van der Waals surface area contributed by atoms with E-state index in [-0.39, 0.29) is 0 Å². The second kappa shape index (κ2) is 6.40. The number of rotatable bonds is 3. The Balaban J connectivity index is 0.000000236. The fourth-order valence-corrected chi connectivity index (χ4v) is 0.751. The topological polar surface area (TPSA) is 21.3 Å². The molecular weight excluding hydrogens is 162 g/mol. The Labute approximate surface area is 79.2 Å². The van der Waals surface area contributed by atoms with Gasteiger partial charge in [-0.25, -0.2) is 0 Å². The van der Waals surface area contributed by atoms with E-state index < -0.39 is 0 Å². The minimum absolute atomic E-state index is 0.761. The molecule has 70 valence electrons. The van der Waals surface area contributed by atoms with Crippen molar-refractivity contribution in [3.05, 3.63) is 48.0 Å². The Morgan fingerprint density at radius 3 is 2.31 bits per heavy atom. The van der Waals surface area contributed by atoms with Gasteiger partial charge < -0.3 is 4.84 Å². The lowest BCUT2D eigenvalue weighted by atomic mass is 10.2. The molecule has 0 atom stereocenters. The van der Waals surface area contributed by atoms with Gasteiger partial charge in [0.25, 0.3) is 0 Å². The first-order chi connectivity index (χ1) is 6.43. The summed E-state index contributed by atoms with van der Waals surface area (Å²) < 4.78 is 0. The highest BCUT2D eigenvalue weighted by Gasteiger charge is 1.86. The van der Waals surface area contributed by atoms with Gasteiger partial charge in [0.1, 0.15) is 0 Å². The summed E-state index contributed by atoms with van der Waals surface area (Å²) in [7, 11) is 1.61. The lowest BCUT2D eigenvalue weighted by Gasteiger charge is -1.99. The minimum atomic E-state index is 0.761. The summed E-state index contributed by atoms with van der Waals surface area (Å²) in [4.78, 5) is 4.70. The van der Waals surface area contributed by atoms with Crippen LogP contribution >= 0.6 is 0 Å². The first-order valence-electron chi connectivity index (χ1n) is 4.38. The standard InChI is InChI=1S/C8H11NO.C3H4/c1-10-9-7-8-5-3-2-4-6-8;1-2-3-1/h2-6,9H,7H2,1H3;1-2H,3H2. The molecule has 0 bridgehead atoms. The Morgan fingerprint density at radius 1 is 1.23 bits per heavy atom. The Kier molecular flexibility index (Phi) is 4.91. The molecule has 2 heteroatoms. The van der Waals surface area contributed by atoms with Gasteiger partial charge in [0.15, 0.2) is 0 Å². The van der Waals surface area contributed by atoms with Gasteiger partial charge in [-0.15, -0.1) is 0 Å². The zero-order valence-electron chi connectivity index (χ0n) is 7.86. The van der Waals surface area contributed by atoms with E-state index in [1.807, 2.05) is 30.3 Å². The van der Waals surface area contributed by atoms with E-state index in [4.69, 9.17) is 4.84 Å². The zero-order chi connectivity index (χ0) is 9.36. The summed E-state index contributed by atoms with van der Waals surface area (Å²) in [5.74, 6) is 0. The van der Waals surface area contributed by atoms with Crippen LogP contribution in [0.4, 0.5) is 0 Å². The quantitative estimate of drug-likeness (QED) is 0.565. The third kappa shape index (κ3) is 6.08. The largest absolute Gasteiger partial charge is 0.305 e. The molecule has 1 N–H and O–H groups in total. The van der Waals surface area contributed by atoms with Gasteiger partial charge in [0.2, 0.25) is 0 Å². The molecule has 0 amide bonds. The molecule has 1 aromatic carbocycles. The van der Waals surface area contributed by atoms with Crippen molar-refractivity contribution < 1.29 is 4.84 Å². The molecule has 1 aliphatic carbocycles. The first kappa shape index (κ1) is 9.96. The SMILES string of the molecule is C1=CC1.CONCc1ccccc1. The number of allylic oxidation sites excluding steroid dienone is 2. The van der Waals surface area contributed by atoms with Crippen molar-refractivity contribution in [2.24, 2.45) is 0 Å². The first-order valence-corrected chi connectivity index (χ1v) is 4.38. The average Bonchev–Trinajstić information content (AvgIpc) is 3.03. The number of hydrogen-bond donors (Lipinski definition) is 1. The molecule has 0 fully saturated rings. The Morgan fingerprint density at radius 2 is 1.85 bits per heavy atom. The minimum Gasteiger partial charge on any atom is -0.305 e. The number of benzene rings is 1. The molecule has 1 aliphatic rings. The van der Waals surface area contributed by atoms with Crippen molar-refractivity contribution in [1.82, 2.24) is 5.48 Å². The average molecular weight is 177 g/mol.